The van der Waals surface area contributed by atoms with Crippen LogP contribution in [0.2, 0.25) is 0 Å². The third-order valence-electron chi connectivity index (χ3n) is 3.72. The van der Waals surface area contributed by atoms with Crippen molar-refractivity contribution in [3.05, 3.63) is 72.0 Å². The Balaban J connectivity index is 2.22. The number of aliphatic hydroxyl groups is 1. The van der Waals surface area contributed by atoms with E-state index in [1.54, 1.807) is 32.3 Å². The zero-order valence-corrected chi connectivity index (χ0v) is 14.3. The molecule has 5 heteroatoms. The predicted octanol–water partition coefficient (Wildman–Crippen LogP) is 2.54. The van der Waals surface area contributed by atoms with Gasteiger partial charge in [0.15, 0.2) is 0 Å². The molecule has 0 bridgehead atoms. The largest absolute Gasteiger partial charge is 0.497 e. The first-order chi connectivity index (χ1) is 12.0. The van der Waals surface area contributed by atoms with Crippen LogP contribution in [0.4, 0.5) is 0 Å². The average Bonchev–Trinajstić information content (AvgIpc) is 2.88. The second kappa shape index (κ2) is 8.26. The lowest BCUT2D eigenvalue weighted by Gasteiger charge is -2.08. The molecule has 1 aromatic rings. The number of aliphatic hydroxyl groups excluding tert-OH is 1. The Morgan fingerprint density at radius 2 is 2.00 bits per heavy atom. The first-order valence-electron chi connectivity index (χ1n) is 7.88. The highest BCUT2D eigenvalue weighted by molar-refractivity contribution is 6.46. The number of nitrogens with one attached hydrogen (secondary N) is 1. The van der Waals surface area contributed by atoms with Gasteiger partial charge in [-0.05, 0) is 42.7 Å². The number of carbonyl (C=O) groups is 2. The summed E-state index contributed by atoms with van der Waals surface area (Å²) in [6.07, 6.45) is 6.47. The van der Waals surface area contributed by atoms with Crippen molar-refractivity contribution < 1.29 is 19.4 Å². The van der Waals surface area contributed by atoms with Crippen LogP contribution in [0.1, 0.15) is 18.9 Å². The highest BCUT2D eigenvalue weighted by Gasteiger charge is 2.27. The minimum atomic E-state index is -0.649. The summed E-state index contributed by atoms with van der Waals surface area (Å²) in [5, 5.41) is 12.2. The van der Waals surface area contributed by atoms with Gasteiger partial charge >= 0.3 is 0 Å². The lowest BCUT2D eigenvalue weighted by molar-refractivity contribution is -0.134. The van der Waals surface area contributed by atoms with Gasteiger partial charge < -0.3 is 15.2 Å². The third kappa shape index (κ3) is 4.55. The molecular formula is C20H21NO4. The molecule has 0 saturated carbocycles. The van der Waals surface area contributed by atoms with Gasteiger partial charge in [0.05, 0.1) is 24.5 Å². The molecule has 0 aromatic heterocycles. The fourth-order valence-electron chi connectivity index (χ4n) is 2.50. The first kappa shape index (κ1) is 18.4. The monoisotopic (exact) mass is 339 g/mol. The maximum atomic E-state index is 11.8. The third-order valence-corrected chi connectivity index (χ3v) is 3.72. The van der Waals surface area contributed by atoms with E-state index in [4.69, 9.17) is 4.74 Å². The van der Waals surface area contributed by atoms with Crippen molar-refractivity contribution in [2.24, 2.45) is 0 Å². The smallest absolute Gasteiger partial charge is 0.296 e. The zero-order chi connectivity index (χ0) is 18.4. The molecule has 2 rings (SSSR count). The van der Waals surface area contributed by atoms with Crippen LogP contribution in [-0.2, 0) is 9.59 Å². The molecule has 0 spiro atoms. The molecule has 2 N–H and O–H groups in total. The van der Waals surface area contributed by atoms with E-state index in [2.05, 4.69) is 11.9 Å². The lowest BCUT2D eigenvalue weighted by Crippen LogP contribution is -2.20. The summed E-state index contributed by atoms with van der Waals surface area (Å²) in [5.41, 5.74) is 2.55. The molecule has 1 aliphatic rings. The van der Waals surface area contributed by atoms with Crippen molar-refractivity contribution in [2.75, 3.05) is 7.11 Å². The number of benzene rings is 1. The Labute approximate surface area is 147 Å². The van der Waals surface area contributed by atoms with Crippen molar-refractivity contribution >= 4 is 17.3 Å². The van der Waals surface area contributed by atoms with E-state index < -0.39 is 17.8 Å². The lowest BCUT2D eigenvalue weighted by atomic mass is 10.00. The second-order valence-corrected chi connectivity index (χ2v) is 5.58. The van der Waals surface area contributed by atoms with Gasteiger partial charge in [0, 0.05) is 0 Å². The molecule has 1 atom stereocenters. The summed E-state index contributed by atoms with van der Waals surface area (Å²) in [6.45, 7) is 5.27. The molecule has 1 amide bonds. The number of amides is 1. The molecule has 25 heavy (non-hydrogen) atoms. The van der Waals surface area contributed by atoms with Gasteiger partial charge in [-0.1, -0.05) is 36.9 Å². The number of Topliss-reactive ketones (excluding diaryl/α,β-unsaturated/α-hetero) is 1. The molecule has 130 valence electrons. The van der Waals surface area contributed by atoms with Gasteiger partial charge in [-0.25, -0.2) is 0 Å². The summed E-state index contributed by atoms with van der Waals surface area (Å²) in [6, 6.07) is 7.50. The fourth-order valence-corrected chi connectivity index (χ4v) is 2.50. The molecule has 0 fully saturated rings. The van der Waals surface area contributed by atoms with Gasteiger partial charge in [0.2, 0.25) is 0 Å². The van der Waals surface area contributed by atoms with Crippen LogP contribution in [0.3, 0.4) is 0 Å². The van der Waals surface area contributed by atoms with Crippen LogP contribution in [-0.4, -0.2) is 30.0 Å². The van der Waals surface area contributed by atoms with E-state index >= 15 is 0 Å². The number of carbonyl (C=O) groups excluding carboxylic acids is 2. The van der Waals surface area contributed by atoms with E-state index in [0.29, 0.717) is 17.7 Å². The van der Waals surface area contributed by atoms with E-state index in [0.717, 1.165) is 16.9 Å². The van der Waals surface area contributed by atoms with E-state index in [9.17, 15) is 14.7 Å². The van der Waals surface area contributed by atoms with Gasteiger partial charge in [-0.15, -0.1) is 0 Å². The Morgan fingerprint density at radius 1 is 1.32 bits per heavy atom. The maximum Gasteiger partial charge on any atom is 0.296 e. The van der Waals surface area contributed by atoms with Crippen LogP contribution in [0.5, 0.6) is 5.75 Å². The van der Waals surface area contributed by atoms with E-state index in [1.807, 2.05) is 24.3 Å². The maximum absolute atomic E-state index is 11.8. The highest BCUT2D eigenvalue weighted by Crippen LogP contribution is 2.23. The molecule has 1 aromatic carbocycles. The van der Waals surface area contributed by atoms with Crippen LogP contribution >= 0.6 is 0 Å². The van der Waals surface area contributed by atoms with Crippen LogP contribution in [0, 0.1) is 0 Å². The Morgan fingerprint density at radius 3 is 2.56 bits per heavy atom. The topological polar surface area (TPSA) is 75.6 Å². The Hall–Kier alpha value is -2.92. The molecule has 0 saturated heterocycles. The van der Waals surface area contributed by atoms with Crippen molar-refractivity contribution in [1.82, 2.24) is 5.32 Å². The fraction of sp³-hybridized carbons (Fsp3) is 0.200. The summed E-state index contributed by atoms with van der Waals surface area (Å²) in [7, 11) is 1.60. The molecule has 0 unspecified atom stereocenters. The molecule has 1 aliphatic heterocycles. The van der Waals surface area contributed by atoms with Crippen molar-refractivity contribution in [1.29, 1.82) is 0 Å². The normalized spacial score (nSPS) is 16.4. The molecule has 0 aliphatic carbocycles. The van der Waals surface area contributed by atoms with Crippen molar-refractivity contribution in [3.63, 3.8) is 0 Å². The number of hydrogen-bond acceptors (Lipinski definition) is 4. The van der Waals surface area contributed by atoms with Crippen LogP contribution in [0.15, 0.2) is 66.4 Å². The summed E-state index contributed by atoms with van der Waals surface area (Å²) < 4.78 is 5.15. The average molecular weight is 339 g/mol. The number of ketones is 1. The number of allylic oxidation sites excluding steroid dienone is 4. The second-order valence-electron chi connectivity index (χ2n) is 5.58. The van der Waals surface area contributed by atoms with E-state index in [-0.39, 0.29) is 0 Å². The van der Waals surface area contributed by atoms with Gasteiger partial charge in [-0.2, -0.15) is 0 Å². The van der Waals surface area contributed by atoms with Crippen molar-refractivity contribution in [2.45, 2.75) is 19.4 Å². The number of methoxy groups -OCH3 is 1. The van der Waals surface area contributed by atoms with E-state index in [1.165, 1.54) is 6.08 Å². The number of hydrogen-bond donors (Lipinski definition) is 2. The summed E-state index contributed by atoms with van der Waals surface area (Å²) in [5.74, 6) is -0.473. The first-order valence-corrected chi connectivity index (χ1v) is 7.88. The summed E-state index contributed by atoms with van der Waals surface area (Å²) >= 11 is 0. The van der Waals surface area contributed by atoms with Gasteiger partial charge in [0.25, 0.3) is 11.7 Å². The highest BCUT2D eigenvalue weighted by atomic mass is 16.5. The molecule has 5 nitrogen and oxygen atoms in total. The van der Waals surface area contributed by atoms with Gasteiger partial charge in [-0.3, -0.25) is 9.59 Å². The number of rotatable bonds is 7. The minimum absolute atomic E-state index is 0.297. The SMILES string of the molecule is C=CC1=C(/C=C\C/C(=C/[C@@H](C)O)c2ccc(OC)cc2)C(=O)C(=O)N1. The quantitative estimate of drug-likeness (QED) is 0.749. The Bertz CT molecular complexity index is 767. The van der Waals surface area contributed by atoms with Crippen molar-refractivity contribution in [3.8, 4) is 5.75 Å². The molecular weight excluding hydrogens is 318 g/mol. The predicted molar refractivity (Wildman–Crippen MR) is 96.8 cm³/mol. The van der Waals surface area contributed by atoms with Crippen LogP contribution in [0.25, 0.3) is 5.57 Å². The molecule has 0 radical (unpaired) electrons. The standard InChI is InChI=1S/C20H21NO4/c1-4-18-17(19(23)20(24)21-18)7-5-6-15(12-13(2)22)14-8-10-16(25-3)11-9-14/h4-5,7-13,22H,1,6H2,2-3H3,(H,21,23,24)/b7-5-,15-12-/t13-/m1/s1. The minimum Gasteiger partial charge on any atom is -0.497 e. The van der Waals surface area contributed by atoms with Crippen LogP contribution < -0.4 is 10.1 Å². The Kier molecular flexibility index (Phi) is 6.08. The van der Waals surface area contributed by atoms with Gasteiger partial charge in [0.1, 0.15) is 5.75 Å². The zero-order valence-electron chi connectivity index (χ0n) is 14.3. The number of ether oxygens (including phenoxy) is 1. The molecule has 1 heterocycles. The summed E-state index contributed by atoms with van der Waals surface area (Å²) in [4.78, 5) is 23.3.